The molecule has 6 heteroatoms. The summed E-state index contributed by atoms with van der Waals surface area (Å²) >= 11 is 0. The van der Waals surface area contributed by atoms with Crippen LogP contribution in [0.25, 0.3) is 0 Å². The van der Waals surface area contributed by atoms with Gasteiger partial charge in [-0.1, -0.05) is 29.8 Å². The number of hydrogen-bond acceptors (Lipinski definition) is 4. The predicted molar refractivity (Wildman–Crippen MR) is 103 cm³/mol. The molecule has 1 aromatic carbocycles. The summed E-state index contributed by atoms with van der Waals surface area (Å²) in [6.07, 6.45) is 0. The van der Waals surface area contributed by atoms with Crippen molar-refractivity contribution in [3.63, 3.8) is 0 Å². The van der Waals surface area contributed by atoms with Crippen molar-refractivity contribution in [3.05, 3.63) is 52.3 Å². The van der Waals surface area contributed by atoms with Crippen LogP contribution in [0, 0.1) is 20.8 Å². The Labute approximate surface area is 155 Å². The lowest BCUT2D eigenvalue weighted by Gasteiger charge is -2.36. The molecule has 1 fully saturated rings. The van der Waals surface area contributed by atoms with E-state index < -0.39 is 6.04 Å². The van der Waals surface area contributed by atoms with Gasteiger partial charge in [0, 0.05) is 51.0 Å². The van der Waals surface area contributed by atoms with Gasteiger partial charge in [-0.3, -0.25) is 14.4 Å². The Morgan fingerprint density at radius 2 is 1.73 bits per heavy atom. The molecular weight excluding hydrogens is 326 g/mol. The first kappa shape index (κ1) is 18.6. The fourth-order valence-corrected chi connectivity index (χ4v) is 3.51. The Kier molecular flexibility index (Phi) is 5.44. The molecule has 0 saturated carbocycles. The summed E-state index contributed by atoms with van der Waals surface area (Å²) in [4.78, 5) is 17.0. The number of nitrogens with two attached hydrogens (primary N) is 1. The molecule has 3 rings (SSSR count). The average molecular weight is 355 g/mol. The topological polar surface area (TPSA) is 67.4 Å². The number of carbonyl (C=O) groups excluding carboxylic acids is 1. The molecule has 6 nitrogen and oxygen atoms in total. The quantitative estimate of drug-likeness (QED) is 0.906. The molecule has 0 bridgehead atoms. The largest absolute Gasteiger partial charge is 0.338 e. The van der Waals surface area contributed by atoms with Crippen LogP contribution >= 0.6 is 0 Å². The molecule has 140 valence electrons. The lowest BCUT2D eigenvalue weighted by Crippen LogP contribution is -2.50. The Balaban J connectivity index is 1.57. The number of piperazine rings is 1. The maximum atomic E-state index is 12.7. The summed E-state index contributed by atoms with van der Waals surface area (Å²) in [5.41, 5.74) is 11.8. The van der Waals surface area contributed by atoms with Gasteiger partial charge in [0.15, 0.2) is 0 Å². The van der Waals surface area contributed by atoms with Gasteiger partial charge in [0.25, 0.3) is 0 Å². The van der Waals surface area contributed by atoms with Gasteiger partial charge in [-0.15, -0.1) is 0 Å². The van der Waals surface area contributed by atoms with E-state index in [-0.39, 0.29) is 5.91 Å². The van der Waals surface area contributed by atoms with Crippen LogP contribution in [0.4, 0.5) is 0 Å². The third-order valence-electron chi connectivity index (χ3n) is 5.43. The van der Waals surface area contributed by atoms with Gasteiger partial charge >= 0.3 is 0 Å². The number of carbonyl (C=O) groups is 1. The molecule has 1 amide bonds. The van der Waals surface area contributed by atoms with Crippen LogP contribution < -0.4 is 5.73 Å². The number of rotatable bonds is 4. The van der Waals surface area contributed by atoms with Crippen LogP contribution in [0.5, 0.6) is 0 Å². The zero-order valence-corrected chi connectivity index (χ0v) is 16.2. The third-order valence-corrected chi connectivity index (χ3v) is 5.43. The molecule has 1 aromatic heterocycles. The first-order valence-corrected chi connectivity index (χ1v) is 9.19. The smallest absolute Gasteiger partial charge is 0.244 e. The second-order valence-electron chi connectivity index (χ2n) is 7.26. The van der Waals surface area contributed by atoms with Crippen molar-refractivity contribution in [3.8, 4) is 0 Å². The Morgan fingerprint density at radius 1 is 1.12 bits per heavy atom. The van der Waals surface area contributed by atoms with Gasteiger partial charge in [-0.25, -0.2) is 0 Å². The van der Waals surface area contributed by atoms with Gasteiger partial charge in [-0.2, -0.15) is 5.10 Å². The number of hydrogen-bond donors (Lipinski definition) is 1. The molecule has 0 spiro atoms. The summed E-state index contributed by atoms with van der Waals surface area (Å²) in [7, 11) is 1.98. The summed E-state index contributed by atoms with van der Waals surface area (Å²) in [6, 6.07) is 7.31. The zero-order chi connectivity index (χ0) is 18.8. The van der Waals surface area contributed by atoms with E-state index >= 15 is 0 Å². The highest BCUT2D eigenvalue weighted by molar-refractivity contribution is 5.83. The first-order chi connectivity index (χ1) is 12.4. The van der Waals surface area contributed by atoms with Crippen LogP contribution in [-0.4, -0.2) is 51.7 Å². The summed E-state index contributed by atoms with van der Waals surface area (Å²) in [5.74, 6) is 0.0160. The van der Waals surface area contributed by atoms with Crippen molar-refractivity contribution < 1.29 is 4.79 Å². The molecule has 1 unspecified atom stereocenters. The SMILES string of the molecule is Cc1ccc(C(N)C(=O)N2CCN(Cc3c(C)nn(C)c3C)CC2)cc1. The molecule has 1 atom stereocenters. The Morgan fingerprint density at radius 3 is 2.27 bits per heavy atom. The number of aryl methyl sites for hydroxylation is 3. The maximum absolute atomic E-state index is 12.7. The van der Waals surface area contributed by atoms with Crippen molar-refractivity contribution in [2.24, 2.45) is 12.8 Å². The van der Waals surface area contributed by atoms with Gasteiger partial charge in [0.05, 0.1) is 5.69 Å². The van der Waals surface area contributed by atoms with Crippen LogP contribution in [0.15, 0.2) is 24.3 Å². The molecule has 0 aliphatic carbocycles. The summed E-state index contributed by atoms with van der Waals surface area (Å²) in [6.45, 7) is 10.2. The summed E-state index contributed by atoms with van der Waals surface area (Å²) in [5, 5.41) is 4.49. The minimum absolute atomic E-state index is 0.0160. The van der Waals surface area contributed by atoms with Crippen LogP contribution in [-0.2, 0) is 18.4 Å². The van der Waals surface area contributed by atoms with E-state index in [1.165, 1.54) is 16.8 Å². The van der Waals surface area contributed by atoms with E-state index in [9.17, 15) is 4.79 Å². The first-order valence-electron chi connectivity index (χ1n) is 9.19. The van der Waals surface area contributed by atoms with Gasteiger partial charge in [-0.05, 0) is 26.3 Å². The molecule has 2 heterocycles. The van der Waals surface area contributed by atoms with Crippen LogP contribution in [0.3, 0.4) is 0 Å². The van der Waals surface area contributed by atoms with Gasteiger partial charge < -0.3 is 10.6 Å². The molecular formula is C20H29N5O. The average Bonchev–Trinajstić information content (AvgIpc) is 2.88. The second kappa shape index (κ2) is 7.60. The fraction of sp³-hybridized carbons (Fsp3) is 0.500. The van der Waals surface area contributed by atoms with E-state index in [0.717, 1.165) is 44.0 Å². The molecule has 0 radical (unpaired) electrons. The third kappa shape index (κ3) is 3.81. The van der Waals surface area contributed by atoms with E-state index in [1.54, 1.807) is 0 Å². The predicted octanol–water partition coefficient (Wildman–Crippen LogP) is 1.69. The Hall–Kier alpha value is -2.18. The fourth-order valence-electron chi connectivity index (χ4n) is 3.51. The van der Waals surface area contributed by atoms with E-state index in [4.69, 9.17) is 5.73 Å². The number of nitrogens with zero attached hydrogens (tertiary/aromatic N) is 4. The molecule has 1 saturated heterocycles. The van der Waals surface area contributed by atoms with Crippen LogP contribution in [0.2, 0.25) is 0 Å². The molecule has 2 N–H and O–H groups in total. The van der Waals surface area contributed by atoms with Crippen molar-refractivity contribution >= 4 is 5.91 Å². The monoisotopic (exact) mass is 355 g/mol. The normalized spacial score (nSPS) is 16.7. The number of amides is 1. The highest BCUT2D eigenvalue weighted by Crippen LogP contribution is 2.18. The molecule has 1 aliphatic heterocycles. The maximum Gasteiger partial charge on any atom is 0.244 e. The highest BCUT2D eigenvalue weighted by Gasteiger charge is 2.26. The Bertz CT molecular complexity index is 772. The highest BCUT2D eigenvalue weighted by atomic mass is 16.2. The summed E-state index contributed by atoms with van der Waals surface area (Å²) < 4.78 is 1.94. The number of aromatic nitrogens is 2. The van der Waals surface area contributed by atoms with Gasteiger partial charge in [0.1, 0.15) is 6.04 Å². The van der Waals surface area contributed by atoms with Crippen molar-refractivity contribution in [2.75, 3.05) is 26.2 Å². The van der Waals surface area contributed by atoms with Crippen molar-refractivity contribution in [1.82, 2.24) is 19.6 Å². The molecule has 2 aromatic rings. The lowest BCUT2D eigenvalue weighted by atomic mass is 10.0. The molecule has 26 heavy (non-hydrogen) atoms. The van der Waals surface area contributed by atoms with E-state index in [2.05, 4.69) is 23.8 Å². The van der Waals surface area contributed by atoms with Crippen molar-refractivity contribution in [2.45, 2.75) is 33.4 Å². The number of benzene rings is 1. The van der Waals surface area contributed by atoms with Crippen LogP contribution in [0.1, 0.15) is 34.1 Å². The lowest BCUT2D eigenvalue weighted by molar-refractivity contribution is -0.134. The zero-order valence-electron chi connectivity index (χ0n) is 16.2. The van der Waals surface area contributed by atoms with E-state index in [0.29, 0.717) is 0 Å². The van der Waals surface area contributed by atoms with E-state index in [1.807, 2.05) is 47.8 Å². The standard InChI is InChI=1S/C20H29N5O/c1-14-5-7-17(8-6-14)19(21)20(26)25-11-9-24(10-12-25)13-18-15(2)22-23(4)16(18)3/h5-8,19H,9-13,21H2,1-4H3. The second-order valence-corrected chi connectivity index (χ2v) is 7.26. The molecule has 1 aliphatic rings. The minimum Gasteiger partial charge on any atom is -0.338 e. The minimum atomic E-state index is -0.579. The van der Waals surface area contributed by atoms with Gasteiger partial charge in [0.2, 0.25) is 5.91 Å². The van der Waals surface area contributed by atoms with Crippen molar-refractivity contribution in [1.29, 1.82) is 0 Å².